The third kappa shape index (κ3) is 2.55. The zero-order valence-corrected chi connectivity index (χ0v) is 10.1. The van der Waals surface area contributed by atoms with Crippen molar-refractivity contribution >= 4 is 17.0 Å². The Kier molecular flexibility index (Phi) is 3.26. The Morgan fingerprint density at radius 1 is 1.53 bits per heavy atom. The summed E-state index contributed by atoms with van der Waals surface area (Å²) < 4.78 is 5.57. The van der Waals surface area contributed by atoms with E-state index >= 15 is 0 Å². The summed E-state index contributed by atoms with van der Waals surface area (Å²) in [4.78, 5) is 4.28. The normalized spacial score (nSPS) is 9.88. The van der Waals surface area contributed by atoms with Gasteiger partial charge in [0.1, 0.15) is 11.8 Å². The van der Waals surface area contributed by atoms with Gasteiger partial charge >= 0.3 is 0 Å². The quantitative estimate of drug-likeness (QED) is 0.844. The molecular weight excluding hydrogens is 234 g/mol. The lowest BCUT2D eigenvalue weighted by Gasteiger charge is -2.04. The predicted octanol–water partition coefficient (Wildman–Crippen LogP) is 2.95. The Balaban J connectivity index is 2.27. The first-order valence-electron chi connectivity index (χ1n) is 5.14. The number of nitrogens with two attached hydrogens (primary N) is 1. The highest BCUT2D eigenvalue weighted by Crippen LogP contribution is 2.28. The van der Waals surface area contributed by atoms with Crippen molar-refractivity contribution in [1.82, 2.24) is 4.98 Å². The molecule has 0 amide bonds. The predicted molar refractivity (Wildman–Crippen MR) is 67.1 cm³/mol. The Bertz CT molecular complexity index is 571. The zero-order valence-electron chi connectivity index (χ0n) is 9.30. The number of hydrogen-bond donors (Lipinski definition) is 1. The Morgan fingerprint density at radius 3 is 3.00 bits per heavy atom. The minimum absolute atomic E-state index is 0.415. The van der Waals surface area contributed by atoms with Crippen molar-refractivity contribution in [3.05, 3.63) is 34.8 Å². The second-order valence-corrected chi connectivity index (χ2v) is 4.25. The molecule has 0 aliphatic rings. The lowest BCUT2D eigenvalue weighted by atomic mass is 10.2. The molecule has 0 fully saturated rings. The molecule has 0 unspecified atom stereocenters. The second kappa shape index (κ2) is 4.85. The first-order chi connectivity index (χ1) is 8.22. The monoisotopic (exact) mass is 245 g/mol. The van der Waals surface area contributed by atoms with Crippen LogP contribution in [0.3, 0.4) is 0 Å². The highest BCUT2D eigenvalue weighted by atomic mass is 32.1. The van der Waals surface area contributed by atoms with Gasteiger partial charge in [0.25, 0.3) is 5.19 Å². The molecule has 2 aromatic rings. The van der Waals surface area contributed by atoms with Crippen LogP contribution in [0.1, 0.15) is 18.2 Å². The van der Waals surface area contributed by atoms with Crippen LogP contribution in [0.25, 0.3) is 0 Å². The van der Waals surface area contributed by atoms with Crippen LogP contribution in [0.4, 0.5) is 5.69 Å². The summed E-state index contributed by atoms with van der Waals surface area (Å²) in [5, 5.41) is 11.5. The van der Waals surface area contributed by atoms with Gasteiger partial charge < -0.3 is 10.5 Å². The maximum Gasteiger partial charge on any atom is 0.278 e. The lowest BCUT2D eigenvalue weighted by molar-refractivity contribution is 0.476. The summed E-state index contributed by atoms with van der Waals surface area (Å²) in [6, 6.07) is 7.02. The highest BCUT2D eigenvalue weighted by Gasteiger charge is 2.08. The molecule has 0 atom stereocenters. The Labute approximate surface area is 103 Å². The molecule has 17 heavy (non-hydrogen) atoms. The number of nitrogen functional groups attached to an aromatic ring is 1. The van der Waals surface area contributed by atoms with Gasteiger partial charge in [-0.05, 0) is 24.6 Å². The van der Waals surface area contributed by atoms with Gasteiger partial charge in [-0.2, -0.15) is 5.26 Å². The van der Waals surface area contributed by atoms with Crippen LogP contribution in [-0.4, -0.2) is 4.98 Å². The largest absolute Gasteiger partial charge is 0.429 e. The van der Waals surface area contributed by atoms with Crippen molar-refractivity contribution < 1.29 is 4.74 Å². The van der Waals surface area contributed by atoms with Gasteiger partial charge in [-0.25, -0.2) is 4.98 Å². The van der Waals surface area contributed by atoms with Crippen molar-refractivity contribution in [3.8, 4) is 17.0 Å². The first kappa shape index (κ1) is 11.4. The Hall–Kier alpha value is -2.06. The average Bonchev–Trinajstić information content (AvgIpc) is 2.79. The molecule has 0 saturated heterocycles. The summed E-state index contributed by atoms with van der Waals surface area (Å²) in [6.45, 7) is 2.03. The molecule has 0 aliphatic carbocycles. The molecule has 0 spiro atoms. The van der Waals surface area contributed by atoms with Gasteiger partial charge in [0.15, 0.2) is 0 Å². The topological polar surface area (TPSA) is 71.9 Å². The van der Waals surface area contributed by atoms with Crippen LogP contribution in [-0.2, 0) is 6.42 Å². The molecule has 4 nitrogen and oxygen atoms in total. The van der Waals surface area contributed by atoms with E-state index in [-0.39, 0.29) is 0 Å². The van der Waals surface area contributed by atoms with Crippen molar-refractivity contribution in [2.24, 2.45) is 0 Å². The van der Waals surface area contributed by atoms with Gasteiger partial charge in [0.05, 0.1) is 11.3 Å². The maximum absolute atomic E-state index is 8.97. The van der Waals surface area contributed by atoms with E-state index in [1.165, 1.54) is 11.3 Å². The SMILES string of the molecule is CCc1csc(Oc2ccc(N)cc2C#N)n1. The van der Waals surface area contributed by atoms with Gasteiger partial charge in [0.2, 0.25) is 0 Å². The zero-order chi connectivity index (χ0) is 12.3. The number of aromatic nitrogens is 1. The van der Waals surface area contributed by atoms with Gasteiger partial charge in [-0.15, -0.1) is 0 Å². The van der Waals surface area contributed by atoms with Crippen LogP contribution in [0.15, 0.2) is 23.6 Å². The summed E-state index contributed by atoms with van der Waals surface area (Å²) in [5.74, 6) is 0.485. The van der Waals surface area contributed by atoms with E-state index in [0.717, 1.165) is 12.1 Å². The van der Waals surface area contributed by atoms with E-state index in [0.29, 0.717) is 22.2 Å². The summed E-state index contributed by atoms with van der Waals surface area (Å²) in [5.41, 5.74) is 7.55. The third-order valence-corrected chi connectivity index (χ3v) is 2.98. The fourth-order valence-corrected chi connectivity index (χ4v) is 2.08. The fourth-order valence-electron chi connectivity index (χ4n) is 1.32. The van der Waals surface area contributed by atoms with Gasteiger partial charge in [-0.1, -0.05) is 18.3 Å². The van der Waals surface area contributed by atoms with Crippen molar-refractivity contribution in [2.75, 3.05) is 5.73 Å². The number of aryl methyl sites for hydroxylation is 1. The van der Waals surface area contributed by atoms with E-state index < -0.39 is 0 Å². The van der Waals surface area contributed by atoms with E-state index in [2.05, 4.69) is 4.98 Å². The number of hydrogen-bond acceptors (Lipinski definition) is 5. The molecule has 2 rings (SSSR count). The molecule has 86 valence electrons. The van der Waals surface area contributed by atoms with Crippen LogP contribution in [0, 0.1) is 11.3 Å². The van der Waals surface area contributed by atoms with Gasteiger partial charge in [0, 0.05) is 11.1 Å². The fraction of sp³-hybridized carbons (Fsp3) is 0.167. The highest BCUT2D eigenvalue weighted by molar-refractivity contribution is 7.11. The van der Waals surface area contributed by atoms with Crippen LogP contribution < -0.4 is 10.5 Å². The molecule has 0 saturated carbocycles. The van der Waals surface area contributed by atoms with E-state index in [1.807, 2.05) is 18.4 Å². The molecule has 1 aromatic carbocycles. The molecule has 0 aliphatic heterocycles. The smallest absolute Gasteiger partial charge is 0.278 e. The third-order valence-electron chi connectivity index (χ3n) is 2.21. The first-order valence-corrected chi connectivity index (χ1v) is 6.02. The molecule has 0 radical (unpaired) electrons. The molecule has 1 aromatic heterocycles. The van der Waals surface area contributed by atoms with Crippen LogP contribution >= 0.6 is 11.3 Å². The van der Waals surface area contributed by atoms with Crippen molar-refractivity contribution in [3.63, 3.8) is 0 Å². The standard InChI is InChI=1S/C12H11N3OS/c1-2-10-7-17-12(15-10)16-11-4-3-9(14)5-8(11)6-13/h3-5,7H,2,14H2,1H3. The van der Waals surface area contributed by atoms with Crippen molar-refractivity contribution in [1.29, 1.82) is 5.26 Å². The number of nitrogens with zero attached hydrogens (tertiary/aromatic N) is 2. The summed E-state index contributed by atoms with van der Waals surface area (Å²) in [7, 11) is 0. The number of rotatable bonds is 3. The van der Waals surface area contributed by atoms with E-state index in [9.17, 15) is 0 Å². The van der Waals surface area contributed by atoms with E-state index in [4.69, 9.17) is 15.7 Å². The van der Waals surface area contributed by atoms with Crippen LogP contribution in [0.2, 0.25) is 0 Å². The molecule has 5 heteroatoms. The number of thiazole rings is 1. The second-order valence-electron chi connectivity index (χ2n) is 3.43. The average molecular weight is 245 g/mol. The molecule has 2 N–H and O–H groups in total. The number of ether oxygens (including phenoxy) is 1. The molecule has 0 bridgehead atoms. The number of anilines is 1. The maximum atomic E-state index is 8.97. The molecular formula is C12H11N3OS. The lowest BCUT2D eigenvalue weighted by Crippen LogP contribution is -1.91. The Morgan fingerprint density at radius 2 is 2.35 bits per heavy atom. The minimum Gasteiger partial charge on any atom is -0.429 e. The summed E-state index contributed by atoms with van der Waals surface area (Å²) in [6.07, 6.45) is 0.868. The van der Waals surface area contributed by atoms with Crippen molar-refractivity contribution in [2.45, 2.75) is 13.3 Å². The summed E-state index contributed by atoms with van der Waals surface area (Å²) >= 11 is 1.42. The van der Waals surface area contributed by atoms with Crippen LogP contribution in [0.5, 0.6) is 10.9 Å². The minimum atomic E-state index is 0.415. The number of benzene rings is 1. The van der Waals surface area contributed by atoms with Gasteiger partial charge in [-0.3, -0.25) is 0 Å². The van der Waals surface area contributed by atoms with E-state index in [1.54, 1.807) is 18.2 Å². The number of nitriles is 1. The molecule has 1 heterocycles.